The van der Waals surface area contributed by atoms with Crippen LogP contribution in [0.2, 0.25) is 7.85 Å². The van der Waals surface area contributed by atoms with Crippen molar-refractivity contribution in [1.29, 1.82) is 0 Å². The summed E-state index contributed by atoms with van der Waals surface area (Å²) in [5, 5.41) is 3.23. The van der Waals surface area contributed by atoms with E-state index >= 15 is 0 Å². The van der Waals surface area contributed by atoms with Crippen LogP contribution in [0, 0.1) is 0 Å². The van der Waals surface area contributed by atoms with E-state index in [4.69, 9.17) is 4.74 Å². The number of benzene rings is 1. The summed E-state index contributed by atoms with van der Waals surface area (Å²) < 4.78 is 9.67. The van der Waals surface area contributed by atoms with E-state index in [1.165, 1.54) is 22.6 Å². The van der Waals surface area contributed by atoms with Gasteiger partial charge in [-0.1, -0.05) is 0 Å². The van der Waals surface area contributed by atoms with Gasteiger partial charge in [-0.05, 0) is 0 Å². The zero-order chi connectivity index (χ0) is 21.6. The van der Waals surface area contributed by atoms with Crippen molar-refractivity contribution >= 4 is 33.7 Å². The maximum absolute atomic E-state index is 13.0. The van der Waals surface area contributed by atoms with Crippen LogP contribution in [0.25, 0.3) is 0 Å². The molecule has 0 aromatic heterocycles. The first-order chi connectivity index (χ1) is 14.3. The molecule has 164 valence electrons. The van der Waals surface area contributed by atoms with Crippen LogP contribution in [0.5, 0.6) is 0 Å². The van der Waals surface area contributed by atoms with Gasteiger partial charge in [-0.15, -0.1) is 0 Å². The number of carbonyl (C=O) groups is 2. The maximum atomic E-state index is 13.0. The van der Waals surface area contributed by atoms with Crippen molar-refractivity contribution < 1.29 is 14.3 Å². The second-order valence-electron chi connectivity index (χ2n) is 9.49. The van der Waals surface area contributed by atoms with Crippen LogP contribution >= 0.6 is 0 Å². The number of nitrogens with zero attached hydrogens (tertiary/aromatic N) is 2. The summed E-state index contributed by atoms with van der Waals surface area (Å²) in [4.78, 5) is 27.2. The quantitative estimate of drug-likeness (QED) is 0.651. The van der Waals surface area contributed by atoms with Crippen molar-refractivity contribution in [3.05, 3.63) is 35.9 Å². The molecule has 2 amide bonds. The van der Waals surface area contributed by atoms with Crippen molar-refractivity contribution in [2.75, 3.05) is 32.7 Å². The van der Waals surface area contributed by atoms with Crippen molar-refractivity contribution in [2.24, 2.45) is 0 Å². The van der Waals surface area contributed by atoms with Gasteiger partial charge >= 0.3 is 190 Å². The monoisotopic (exact) mass is 517 g/mol. The van der Waals surface area contributed by atoms with Gasteiger partial charge in [0.2, 0.25) is 0 Å². The molecule has 1 aromatic rings. The fourth-order valence-electron chi connectivity index (χ4n) is 4.52. The van der Waals surface area contributed by atoms with Crippen LogP contribution in [0.1, 0.15) is 45.6 Å². The number of piperazine rings is 1. The van der Waals surface area contributed by atoms with Gasteiger partial charge < -0.3 is 0 Å². The third-order valence-corrected chi connectivity index (χ3v) is 17.5. The van der Waals surface area contributed by atoms with Crippen LogP contribution < -0.4 is 5.32 Å². The average Bonchev–Trinajstić information content (AvgIpc) is 2.73. The topological polar surface area (TPSA) is 61.9 Å². The molecule has 1 N–H and O–H groups in total. The summed E-state index contributed by atoms with van der Waals surface area (Å²) in [6.07, 6.45) is 4.15. The first kappa shape index (κ1) is 23.5. The molecule has 1 unspecified atom stereocenters. The van der Waals surface area contributed by atoms with E-state index in [1.807, 2.05) is 43.9 Å². The fourth-order valence-corrected chi connectivity index (χ4v) is 15.8. The predicted octanol–water partition coefficient (Wildman–Crippen LogP) is 3.44. The molecule has 2 aliphatic heterocycles. The van der Waals surface area contributed by atoms with E-state index in [-0.39, 0.29) is 15.7 Å². The van der Waals surface area contributed by atoms with E-state index in [9.17, 15) is 9.59 Å². The van der Waals surface area contributed by atoms with E-state index in [2.05, 4.69) is 20.3 Å². The Labute approximate surface area is 189 Å². The van der Waals surface area contributed by atoms with Gasteiger partial charge in [0.05, 0.1) is 0 Å². The molecule has 2 saturated heterocycles. The van der Waals surface area contributed by atoms with E-state index in [0.717, 1.165) is 25.9 Å². The summed E-state index contributed by atoms with van der Waals surface area (Å²) in [7, 11) is 0. The van der Waals surface area contributed by atoms with Crippen molar-refractivity contribution in [3.63, 3.8) is 0 Å². The van der Waals surface area contributed by atoms with Crippen LogP contribution in [0.4, 0.5) is 4.79 Å². The minimum atomic E-state index is -2.19. The van der Waals surface area contributed by atoms with Gasteiger partial charge in [0.25, 0.3) is 0 Å². The molecule has 0 saturated carbocycles. The average molecular weight is 517 g/mol. The number of amides is 2. The zero-order valence-corrected chi connectivity index (χ0v) is 22.0. The normalized spacial score (nSPS) is 20.7. The molecule has 0 spiro atoms. The molecule has 1 atom stereocenters. The molecule has 3 rings (SSSR count). The summed E-state index contributed by atoms with van der Waals surface area (Å²) >= 11 is -2.19. The van der Waals surface area contributed by atoms with Gasteiger partial charge in [-0.25, -0.2) is 0 Å². The molecular weight excluding hydrogens is 481 g/mol. The van der Waals surface area contributed by atoms with Crippen molar-refractivity contribution in [2.45, 2.75) is 59.9 Å². The van der Waals surface area contributed by atoms with Crippen LogP contribution in [0.15, 0.2) is 30.3 Å². The van der Waals surface area contributed by atoms with Crippen molar-refractivity contribution in [1.82, 2.24) is 13.1 Å². The molecule has 2 aliphatic rings. The number of hydrogen-bond acceptors (Lipinski definition) is 4. The molecule has 6 nitrogen and oxygen atoms in total. The molecule has 0 bridgehead atoms. The molecule has 2 fully saturated rings. The number of ether oxygens (including phenoxy) is 1. The van der Waals surface area contributed by atoms with Gasteiger partial charge in [-0.2, -0.15) is 0 Å². The predicted molar refractivity (Wildman–Crippen MR) is 121 cm³/mol. The van der Waals surface area contributed by atoms with Gasteiger partial charge in [-0.3, -0.25) is 0 Å². The van der Waals surface area contributed by atoms with E-state index < -0.39 is 27.3 Å². The van der Waals surface area contributed by atoms with Crippen molar-refractivity contribution in [3.8, 4) is 0 Å². The Hall–Kier alpha value is -1.21. The van der Waals surface area contributed by atoms with Gasteiger partial charge in [0.15, 0.2) is 0 Å². The second kappa shape index (κ2) is 10.9. The molecule has 7 heteroatoms. The Kier molecular flexibility index (Phi) is 8.52. The Bertz CT molecular complexity index is 699. The summed E-state index contributed by atoms with van der Waals surface area (Å²) in [5.41, 5.74) is 0.805. The number of carbonyl (C=O) groups excluding carboxylic acids is 2. The van der Waals surface area contributed by atoms with Crippen LogP contribution in [0.3, 0.4) is 0 Å². The molecule has 30 heavy (non-hydrogen) atoms. The molecule has 0 aliphatic carbocycles. The Morgan fingerprint density at radius 2 is 1.80 bits per heavy atom. The van der Waals surface area contributed by atoms with Crippen LogP contribution in [-0.4, -0.2) is 79.8 Å². The van der Waals surface area contributed by atoms with E-state index in [0.29, 0.717) is 19.6 Å². The third-order valence-electron chi connectivity index (χ3n) is 6.06. The summed E-state index contributed by atoms with van der Waals surface area (Å²) in [6, 6.07) is 10.3. The summed E-state index contributed by atoms with van der Waals surface area (Å²) in [6.45, 7) is 9.64. The Balaban J connectivity index is 1.49. The molecular formula is C23H36InN3O3. The minimum absolute atomic E-state index is 0.212. The first-order valence-electron chi connectivity index (χ1n) is 11.4. The fraction of sp³-hybridized carbons (Fsp3) is 0.652. The molecule has 1 aromatic carbocycles. The van der Waals surface area contributed by atoms with Gasteiger partial charge in [0, 0.05) is 0 Å². The summed E-state index contributed by atoms with van der Waals surface area (Å²) in [5.74, 6) is 0.279. The zero-order valence-electron chi connectivity index (χ0n) is 18.7. The van der Waals surface area contributed by atoms with E-state index in [1.54, 1.807) is 0 Å². The standard InChI is InChI=1S/C14H19NO.C9H17N2O2.In/c1-2-3-5-10-14(16)15-12-11-13-8-6-4-7-9-13;1-9(2,3)13-8(12)11-6-4-10-5-7-11;/h4,6-10H,1-3,5,11-12H2,(H,15,16);4-7H2,1-3H3;/q;-1;+1. The third kappa shape index (κ3) is 6.91. The van der Waals surface area contributed by atoms with Gasteiger partial charge in [0.1, 0.15) is 0 Å². The first-order valence-corrected chi connectivity index (χ1v) is 17.1. The second-order valence-corrected chi connectivity index (χ2v) is 18.8. The van der Waals surface area contributed by atoms with Crippen LogP contribution in [-0.2, 0) is 16.0 Å². The molecule has 0 radical (unpaired) electrons. The number of rotatable bonds is 5. The Morgan fingerprint density at radius 3 is 2.47 bits per heavy atom. The Morgan fingerprint density at radius 1 is 1.10 bits per heavy atom. The molecule has 2 heterocycles. The number of nitrogens with one attached hydrogen (secondary N) is 1. The SMILES string of the molecule is CC(C)(C)OC(=O)N1CC[N]([In]2[CH2]CCC[CH]2C(=O)NCCc2ccccc2)CC1. The number of hydrogen-bond donors (Lipinski definition) is 1.